The summed E-state index contributed by atoms with van der Waals surface area (Å²) in [5, 5.41) is 7.40. The average Bonchev–Trinajstić information content (AvgIpc) is 3.19. The first-order valence-electron chi connectivity index (χ1n) is 7.14. The van der Waals surface area contributed by atoms with Crippen LogP contribution in [-0.4, -0.2) is 51.8 Å². The number of hydrogen-bond donors (Lipinski definition) is 1. The summed E-state index contributed by atoms with van der Waals surface area (Å²) in [4.78, 5) is 18.5. The van der Waals surface area contributed by atoms with Crippen LogP contribution in [0.2, 0.25) is 0 Å². The van der Waals surface area contributed by atoms with E-state index in [0.717, 1.165) is 30.6 Å². The molecule has 2 aromatic rings. The number of nitrogens with one attached hydrogen (secondary N) is 1. The van der Waals surface area contributed by atoms with Crippen LogP contribution in [0, 0.1) is 0 Å². The van der Waals surface area contributed by atoms with Crippen molar-refractivity contribution >= 4 is 5.91 Å². The summed E-state index contributed by atoms with van der Waals surface area (Å²) in [6.07, 6.45) is 4.17. The summed E-state index contributed by atoms with van der Waals surface area (Å²) in [6.45, 7) is 2.40. The summed E-state index contributed by atoms with van der Waals surface area (Å²) in [6, 6.07) is 7.97. The van der Waals surface area contributed by atoms with Crippen LogP contribution in [0.5, 0.6) is 0 Å². The van der Waals surface area contributed by atoms with E-state index in [1.807, 2.05) is 36.2 Å². The standard InChI is InChI=1S/C15H19N5O/c1-19(13-6-7-16-8-13)15(21)14-5-3-2-4-12(14)9-20-11-17-10-18-20/h2-5,10-11,13,16H,6-9H2,1H3/t13-/m1/s1. The van der Waals surface area contributed by atoms with Crippen LogP contribution in [0.15, 0.2) is 36.9 Å². The molecule has 3 rings (SSSR count). The van der Waals surface area contributed by atoms with E-state index in [-0.39, 0.29) is 11.9 Å². The third-order valence-electron chi connectivity index (χ3n) is 3.95. The Hall–Kier alpha value is -2.21. The molecule has 6 heteroatoms. The van der Waals surface area contributed by atoms with Gasteiger partial charge in [-0.2, -0.15) is 5.10 Å². The second-order valence-corrected chi connectivity index (χ2v) is 5.31. The molecular weight excluding hydrogens is 266 g/mol. The van der Waals surface area contributed by atoms with Crippen LogP contribution in [0.25, 0.3) is 0 Å². The number of carbonyl (C=O) groups excluding carboxylic acids is 1. The first-order chi connectivity index (χ1) is 10.3. The molecule has 2 heterocycles. The van der Waals surface area contributed by atoms with Crippen molar-refractivity contribution in [1.82, 2.24) is 25.0 Å². The molecule has 1 aliphatic heterocycles. The summed E-state index contributed by atoms with van der Waals surface area (Å²) >= 11 is 0. The number of benzene rings is 1. The molecule has 1 amide bonds. The van der Waals surface area contributed by atoms with Crippen molar-refractivity contribution < 1.29 is 4.79 Å². The predicted molar refractivity (Wildman–Crippen MR) is 78.9 cm³/mol. The largest absolute Gasteiger partial charge is 0.337 e. The molecular formula is C15H19N5O. The molecule has 21 heavy (non-hydrogen) atoms. The smallest absolute Gasteiger partial charge is 0.254 e. The summed E-state index contributed by atoms with van der Waals surface area (Å²) < 4.78 is 1.73. The zero-order chi connectivity index (χ0) is 14.7. The summed E-state index contributed by atoms with van der Waals surface area (Å²) in [5.74, 6) is 0.0689. The molecule has 0 aliphatic carbocycles. The average molecular weight is 285 g/mol. The van der Waals surface area contributed by atoms with Gasteiger partial charge in [0.1, 0.15) is 12.7 Å². The lowest BCUT2D eigenvalue weighted by Crippen LogP contribution is -2.38. The van der Waals surface area contributed by atoms with E-state index in [1.54, 1.807) is 11.0 Å². The Morgan fingerprint density at radius 3 is 3.05 bits per heavy atom. The van der Waals surface area contributed by atoms with Gasteiger partial charge in [0.15, 0.2) is 0 Å². The third-order valence-corrected chi connectivity index (χ3v) is 3.95. The highest BCUT2D eigenvalue weighted by Gasteiger charge is 2.25. The molecule has 1 fully saturated rings. The third kappa shape index (κ3) is 2.95. The minimum Gasteiger partial charge on any atom is -0.337 e. The van der Waals surface area contributed by atoms with Crippen molar-refractivity contribution in [2.24, 2.45) is 0 Å². The van der Waals surface area contributed by atoms with Crippen LogP contribution in [0.4, 0.5) is 0 Å². The fourth-order valence-corrected chi connectivity index (χ4v) is 2.68. The molecule has 1 aliphatic rings. The zero-order valence-electron chi connectivity index (χ0n) is 12.1. The number of nitrogens with zero attached hydrogens (tertiary/aromatic N) is 4. The molecule has 6 nitrogen and oxygen atoms in total. The Balaban J connectivity index is 1.82. The van der Waals surface area contributed by atoms with Crippen molar-refractivity contribution in [2.45, 2.75) is 19.0 Å². The van der Waals surface area contributed by atoms with Gasteiger partial charge in [0, 0.05) is 25.2 Å². The van der Waals surface area contributed by atoms with Gasteiger partial charge in [-0.15, -0.1) is 0 Å². The quantitative estimate of drug-likeness (QED) is 0.901. The van der Waals surface area contributed by atoms with Crippen LogP contribution in [-0.2, 0) is 6.54 Å². The number of aromatic nitrogens is 3. The van der Waals surface area contributed by atoms with E-state index in [0.29, 0.717) is 6.54 Å². The maximum absolute atomic E-state index is 12.7. The van der Waals surface area contributed by atoms with Gasteiger partial charge in [0.05, 0.1) is 6.54 Å². The highest BCUT2D eigenvalue weighted by Crippen LogP contribution is 2.16. The lowest BCUT2D eigenvalue weighted by molar-refractivity contribution is 0.0742. The Morgan fingerprint density at radius 2 is 2.33 bits per heavy atom. The molecule has 1 aromatic carbocycles. The van der Waals surface area contributed by atoms with Crippen LogP contribution >= 0.6 is 0 Å². The van der Waals surface area contributed by atoms with Gasteiger partial charge in [-0.1, -0.05) is 18.2 Å². The van der Waals surface area contributed by atoms with Crippen LogP contribution < -0.4 is 5.32 Å². The Labute approximate surface area is 123 Å². The van der Waals surface area contributed by atoms with Gasteiger partial charge in [-0.25, -0.2) is 9.67 Å². The topological polar surface area (TPSA) is 63.1 Å². The maximum atomic E-state index is 12.7. The fourth-order valence-electron chi connectivity index (χ4n) is 2.68. The minimum atomic E-state index is 0.0689. The lowest BCUT2D eigenvalue weighted by atomic mass is 10.1. The van der Waals surface area contributed by atoms with E-state index in [1.165, 1.54) is 6.33 Å². The summed E-state index contributed by atoms with van der Waals surface area (Å²) in [5.41, 5.74) is 1.70. The normalized spacial score (nSPS) is 17.9. The van der Waals surface area contributed by atoms with Gasteiger partial charge in [0.2, 0.25) is 0 Å². The van der Waals surface area contributed by atoms with Gasteiger partial charge in [-0.05, 0) is 24.6 Å². The van der Waals surface area contributed by atoms with E-state index in [9.17, 15) is 4.79 Å². The zero-order valence-corrected chi connectivity index (χ0v) is 12.1. The van der Waals surface area contributed by atoms with E-state index >= 15 is 0 Å². The second-order valence-electron chi connectivity index (χ2n) is 5.31. The summed E-state index contributed by atoms with van der Waals surface area (Å²) in [7, 11) is 1.88. The Bertz CT molecular complexity index is 604. The van der Waals surface area contributed by atoms with E-state index in [2.05, 4.69) is 15.4 Å². The van der Waals surface area contributed by atoms with Crippen molar-refractivity contribution in [3.8, 4) is 0 Å². The molecule has 1 saturated heterocycles. The SMILES string of the molecule is CN(C(=O)c1ccccc1Cn1cncn1)[C@@H]1CCNC1. The molecule has 0 bridgehead atoms. The van der Waals surface area contributed by atoms with Gasteiger partial charge >= 0.3 is 0 Å². The molecule has 0 saturated carbocycles. The molecule has 110 valence electrons. The molecule has 1 N–H and O–H groups in total. The van der Waals surface area contributed by atoms with E-state index in [4.69, 9.17) is 0 Å². The van der Waals surface area contributed by atoms with Gasteiger partial charge in [-0.3, -0.25) is 4.79 Å². The predicted octanol–water partition coefficient (Wildman–Crippen LogP) is 0.760. The molecule has 1 atom stereocenters. The van der Waals surface area contributed by atoms with Crippen LogP contribution in [0.3, 0.4) is 0 Å². The van der Waals surface area contributed by atoms with E-state index < -0.39 is 0 Å². The minimum absolute atomic E-state index is 0.0689. The Kier molecular flexibility index (Phi) is 3.96. The lowest BCUT2D eigenvalue weighted by Gasteiger charge is -2.24. The number of amides is 1. The first kappa shape index (κ1) is 13.8. The monoisotopic (exact) mass is 285 g/mol. The Morgan fingerprint density at radius 1 is 1.48 bits per heavy atom. The van der Waals surface area contributed by atoms with Crippen molar-refractivity contribution in [3.63, 3.8) is 0 Å². The first-order valence-corrected chi connectivity index (χ1v) is 7.14. The second kappa shape index (κ2) is 6.05. The highest BCUT2D eigenvalue weighted by molar-refractivity contribution is 5.95. The molecule has 0 unspecified atom stereocenters. The number of carbonyl (C=O) groups is 1. The van der Waals surface area contributed by atoms with Crippen LogP contribution in [0.1, 0.15) is 22.3 Å². The van der Waals surface area contributed by atoms with Gasteiger partial charge < -0.3 is 10.2 Å². The number of likely N-dealkylation sites (N-methyl/N-ethyl adjacent to an activating group) is 1. The number of hydrogen-bond acceptors (Lipinski definition) is 4. The van der Waals surface area contributed by atoms with Crippen molar-refractivity contribution in [2.75, 3.05) is 20.1 Å². The van der Waals surface area contributed by atoms with Gasteiger partial charge in [0.25, 0.3) is 5.91 Å². The van der Waals surface area contributed by atoms with Crippen molar-refractivity contribution in [1.29, 1.82) is 0 Å². The molecule has 1 aromatic heterocycles. The highest BCUT2D eigenvalue weighted by atomic mass is 16.2. The number of rotatable bonds is 4. The van der Waals surface area contributed by atoms with Crippen molar-refractivity contribution in [3.05, 3.63) is 48.0 Å². The molecule has 0 radical (unpaired) electrons. The fraction of sp³-hybridized carbons (Fsp3) is 0.400. The molecule has 0 spiro atoms. The maximum Gasteiger partial charge on any atom is 0.254 e.